The molecule has 1 aromatic rings. The predicted octanol–water partition coefficient (Wildman–Crippen LogP) is 2.53. The van der Waals surface area contributed by atoms with E-state index in [9.17, 15) is 5.11 Å². The monoisotopic (exact) mass is 472 g/mol. The van der Waals surface area contributed by atoms with E-state index in [0.29, 0.717) is 6.54 Å². The predicted molar refractivity (Wildman–Crippen MR) is 121 cm³/mol. The molecular weight excluding hydrogens is 439 g/mol. The van der Waals surface area contributed by atoms with Crippen molar-refractivity contribution in [2.45, 2.75) is 13.8 Å². The van der Waals surface area contributed by atoms with Crippen molar-refractivity contribution < 1.29 is 5.11 Å². The second-order valence-electron chi connectivity index (χ2n) is 6.58. The number of aliphatic imine (C=N–C) groups is 1. The van der Waals surface area contributed by atoms with Crippen LogP contribution in [-0.4, -0.2) is 73.3 Å². The summed E-state index contributed by atoms with van der Waals surface area (Å²) in [6.45, 7) is 10.9. The molecule has 1 unspecified atom stereocenters. The van der Waals surface area contributed by atoms with E-state index >= 15 is 0 Å². The largest absolute Gasteiger partial charge is 0.396 e. The Labute approximate surface area is 175 Å². The lowest BCUT2D eigenvalue weighted by atomic mass is 10.2. The number of nitrogens with one attached hydrogen (secondary N) is 1. The van der Waals surface area contributed by atoms with E-state index in [1.54, 1.807) is 0 Å². The van der Waals surface area contributed by atoms with Crippen LogP contribution in [0.2, 0.25) is 0 Å². The molecular formula is C20H33IN4O. The first-order valence-electron chi connectivity index (χ1n) is 9.31. The van der Waals surface area contributed by atoms with Crippen molar-refractivity contribution in [3.8, 4) is 0 Å². The molecule has 5 nitrogen and oxygen atoms in total. The molecule has 0 radical (unpaired) electrons. The molecule has 1 saturated heterocycles. The molecule has 0 saturated carbocycles. The van der Waals surface area contributed by atoms with Crippen LogP contribution in [0.25, 0.3) is 6.08 Å². The smallest absolute Gasteiger partial charge is 0.194 e. The number of halogens is 1. The lowest BCUT2D eigenvalue weighted by molar-refractivity contribution is 0.193. The molecule has 1 fully saturated rings. The summed E-state index contributed by atoms with van der Waals surface area (Å²) in [4.78, 5) is 9.47. The van der Waals surface area contributed by atoms with Gasteiger partial charge in [0.15, 0.2) is 5.96 Å². The summed E-state index contributed by atoms with van der Waals surface area (Å²) in [5, 5.41) is 12.5. The number of nitrogens with zero attached hydrogens (tertiary/aromatic N) is 3. The number of guanidine groups is 1. The second-order valence-corrected chi connectivity index (χ2v) is 6.58. The van der Waals surface area contributed by atoms with Gasteiger partial charge in [0.2, 0.25) is 0 Å². The second kappa shape index (κ2) is 13.1. The van der Waals surface area contributed by atoms with Crippen molar-refractivity contribution in [1.82, 2.24) is 15.1 Å². The Hall–Kier alpha value is -1.12. The summed E-state index contributed by atoms with van der Waals surface area (Å²) in [6.07, 6.45) is 4.43. The standard InChI is InChI=1S/C20H32N4O.HI/c1-3-21-20(22-16-18(2)17-25)24-14-12-23(13-15-24)11-7-10-19-8-5-4-6-9-19;/h4-10,18,25H,3,11-17H2,1-2H3,(H,21,22);1H/b10-7+;. The Morgan fingerprint density at radius 1 is 1.23 bits per heavy atom. The molecule has 1 heterocycles. The number of hydrogen-bond acceptors (Lipinski definition) is 3. The number of aliphatic hydroxyl groups excluding tert-OH is 1. The number of aliphatic hydroxyl groups is 1. The summed E-state index contributed by atoms with van der Waals surface area (Å²) in [5.41, 5.74) is 1.25. The highest BCUT2D eigenvalue weighted by Crippen LogP contribution is 2.05. The molecule has 2 N–H and O–H groups in total. The van der Waals surface area contributed by atoms with Crippen LogP contribution in [0, 0.1) is 5.92 Å². The maximum absolute atomic E-state index is 9.17. The maximum Gasteiger partial charge on any atom is 0.194 e. The molecule has 1 aliphatic heterocycles. The van der Waals surface area contributed by atoms with Crippen LogP contribution in [-0.2, 0) is 0 Å². The molecule has 0 amide bonds. The van der Waals surface area contributed by atoms with Gasteiger partial charge in [-0.15, -0.1) is 24.0 Å². The Balaban J connectivity index is 0.00000338. The minimum absolute atomic E-state index is 0. The number of rotatable bonds is 7. The number of piperazine rings is 1. The van der Waals surface area contributed by atoms with Crippen LogP contribution in [0.5, 0.6) is 0 Å². The fourth-order valence-electron chi connectivity index (χ4n) is 2.77. The zero-order valence-electron chi connectivity index (χ0n) is 16.0. The van der Waals surface area contributed by atoms with Crippen molar-refractivity contribution in [3.63, 3.8) is 0 Å². The fraction of sp³-hybridized carbons (Fsp3) is 0.550. The Morgan fingerprint density at radius 3 is 2.54 bits per heavy atom. The third-order valence-corrected chi connectivity index (χ3v) is 4.34. The highest BCUT2D eigenvalue weighted by molar-refractivity contribution is 14.0. The van der Waals surface area contributed by atoms with Gasteiger partial charge in [-0.05, 0) is 18.4 Å². The van der Waals surface area contributed by atoms with Gasteiger partial charge in [-0.25, -0.2) is 0 Å². The zero-order valence-corrected chi connectivity index (χ0v) is 18.3. The Kier molecular flexibility index (Phi) is 11.6. The van der Waals surface area contributed by atoms with Gasteiger partial charge in [0.25, 0.3) is 0 Å². The average molecular weight is 472 g/mol. The molecule has 0 aromatic heterocycles. The van der Waals surface area contributed by atoms with E-state index in [1.165, 1.54) is 5.56 Å². The third-order valence-electron chi connectivity index (χ3n) is 4.34. The molecule has 0 bridgehead atoms. The normalized spacial score (nSPS) is 17.2. The number of benzene rings is 1. The third kappa shape index (κ3) is 8.05. The van der Waals surface area contributed by atoms with Crippen molar-refractivity contribution in [1.29, 1.82) is 0 Å². The van der Waals surface area contributed by atoms with E-state index in [1.807, 2.05) is 13.0 Å². The van der Waals surface area contributed by atoms with Crippen molar-refractivity contribution in [2.75, 3.05) is 52.4 Å². The highest BCUT2D eigenvalue weighted by atomic mass is 127. The van der Waals surface area contributed by atoms with E-state index in [0.717, 1.165) is 45.2 Å². The quantitative estimate of drug-likeness (QED) is 0.364. The molecule has 2 rings (SSSR count). The van der Waals surface area contributed by atoms with Crippen LogP contribution in [0.1, 0.15) is 19.4 Å². The maximum atomic E-state index is 9.17. The van der Waals surface area contributed by atoms with E-state index in [-0.39, 0.29) is 36.5 Å². The van der Waals surface area contributed by atoms with Crippen molar-refractivity contribution in [3.05, 3.63) is 42.0 Å². The SMILES string of the molecule is CCNC(=NCC(C)CO)N1CCN(C/C=C/c2ccccc2)CC1.I. The molecule has 6 heteroatoms. The zero-order chi connectivity index (χ0) is 17.9. The van der Waals surface area contributed by atoms with E-state index < -0.39 is 0 Å². The van der Waals surface area contributed by atoms with E-state index in [2.05, 4.69) is 63.5 Å². The van der Waals surface area contributed by atoms with Crippen LogP contribution >= 0.6 is 24.0 Å². The first-order valence-corrected chi connectivity index (χ1v) is 9.31. The summed E-state index contributed by atoms with van der Waals surface area (Å²) < 4.78 is 0. The summed E-state index contributed by atoms with van der Waals surface area (Å²) in [5.74, 6) is 1.18. The molecule has 0 aliphatic carbocycles. The lowest BCUT2D eigenvalue weighted by Gasteiger charge is -2.36. The first-order chi connectivity index (χ1) is 12.2. The molecule has 0 spiro atoms. The summed E-state index contributed by atoms with van der Waals surface area (Å²) >= 11 is 0. The summed E-state index contributed by atoms with van der Waals surface area (Å²) in [6, 6.07) is 10.4. The molecule has 146 valence electrons. The Bertz CT molecular complexity index is 542. The van der Waals surface area contributed by atoms with E-state index in [4.69, 9.17) is 0 Å². The van der Waals surface area contributed by atoms with Gasteiger partial charge in [0.05, 0.1) is 0 Å². The molecule has 1 atom stereocenters. The fourth-order valence-corrected chi connectivity index (χ4v) is 2.77. The van der Waals surface area contributed by atoms with Crippen LogP contribution < -0.4 is 5.32 Å². The van der Waals surface area contributed by atoms with Crippen LogP contribution in [0.4, 0.5) is 0 Å². The van der Waals surface area contributed by atoms with Gasteiger partial charge < -0.3 is 15.3 Å². The average Bonchev–Trinajstić information content (AvgIpc) is 2.66. The van der Waals surface area contributed by atoms with Gasteiger partial charge in [-0.3, -0.25) is 9.89 Å². The summed E-state index contributed by atoms with van der Waals surface area (Å²) in [7, 11) is 0. The van der Waals surface area contributed by atoms with Gasteiger partial charge in [-0.1, -0.05) is 49.4 Å². The first kappa shape index (κ1) is 22.9. The van der Waals surface area contributed by atoms with Crippen LogP contribution in [0.3, 0.4) is 0 Å². The molecule has 1 aromatic carbocycles. The van der Waals surface area contributed by atoms with Gasteiger partial charge in [0, 0.05) is 52.4 Å². The van der Waals surface area contributed by atoms with Gasteiger partial charge in [0.1, 0.15) is 0 Å². The minimum atomic E-state index is 0. The topological polar surface area (TPSA) is 51.1 Å². The van der Waals surface area contributed by atoms with Crippen LogP contribution in [0.15, 0.2) is 41.4 Å². The highest BCUT2D eigenvalue weighted by Gasteiger charge is 2.18. The van der Waals surface area contributed by atoms with Gasteiger partial charge in [-0.2, -0.15) is 0 Å². The number of hydrogen-bond donors (Lipinski definition) is 2. The lowest BCUT2D eigenvalue weighted by Crippen LogP contribution is -2.52. The molecule has 1 aliphatic rings. The van der Waals surface area contributed by atoms with Crippen molar-refractivity contribution >= 4 is 36.0 Å². The Morgan fingerprint density at radius 2 is 1.92 bits per heavy atom. The molecule has 26 heavy (non-hydrogen) atoms. The van der Waals surface area contributed by atoms with Gasteiger partial charge >= 0.3 is 0 Å². The van der Waals surface area contributed by atoms with Crippen molar-refractivity contribution in [2.24, 2.45) is 10.9 Å². The minimum Gasteiger partial charge on any atom is -0.396 e.